The van der Waals surface area contributed by atoms with E-state index in [9.17, 15) is 0 Å². The fourth-order valence-corrected chi connectivity index (χ4v) is 2.86. The molecule has 0 unspecified atom stereocenters. The average molecular weight is 291 g/mol. The zero-order valence-corrected chi connectivity index (χ0v) is 12.7. The predicted octanol–water partition coefficient (Wildman–Crippen LogP) is 3.72. The Morgan fingerprint density at radius 1 is 0.909 bits per heavy atom. The molecule has 0 radical (unpaired) electrons. The standard InChI is InChI=1S/C19H21N3/c1-15(20-14-18-12-13-21-22-18)19(16-8-4-2-5-9-16)17-10-6-3-7-11-17/h2-13,15,19-20H,14H2,1H3,(H,21,22)/t15-/m1/s1. The SMILES string of the molecule is C[C@@H](NCc1ccn[nH]1)C(c1ccccc1)c1ccccc1. The Bertz CT molecular complexity index is 623. The number of hydrogen-bond donors (Lipinski definition) is 2. The van der Waals surface area contributed by atoms with Gasteiger partial charge in [-0.3, -0.25) is 5.10 Å². The van der Waals surface area contributed by atoms with Gasteiger partial charge in [-0.15, -0.1) is 0 Å². The van der Waals surface area contributed by atoms with E-state index in [2.05, 4.69) is 83.1 Å². The van der Waals surface area contributed by atoms with Gasteiger partial charge in [-0.1, -0.05) is 60.7 Å². The molecule has 1 heterocycles. The number of hydrogen-bond acceptors (Lipinski definition) is 2. The minimum atomic E-state index is 0.313. The Hall–Kier alpha value is -2.39. The van der Waals surface area contributed by atoms with Crippen molar-refractivity contribution in [1.29, 1.82) is 0 Å². The first kappa shape index (κ1) is 14.5. The normalized spacial score (nSPS) is 12.5. The molecule has 0 aliphatic carbocycles. The highest BCUT2D eigenvalue weighted by Gasteiger charge is 2.20. The molecule has 0 saturated heterocycles. The first-order valence-corrected chi connectivity index (χ1v) is 7.66. The Balaban J connectivity index is 1.82. The number of aromatic amines is 1. The van der Waals surface area contributed by atoms with Crippen LogP contribution < -0.4 is 5.32 Å². The minimum absolute atomic E-state index is 0.313. The van der Waals surface area contributed by atoms with Crippen LogP contribution in [0.3, 0.4) is 0 Å². The Labute approximate surface area is 131 Å². The molecular formula is C19H21N3. The molecule has 2 aromatic carbocycles. The van der Waals surface area contributed by atoms with E-state index < -0.39 is 0 Å². The lowest BCUT2D eigenvalue weighted by Gasteiger charge is -2.26. The second kappa shape index (κ2) is 7.05. The van der Waals surface area contributed by atoms with Crippen LogP contribution in [-0.4, -0.2) is 16.2 Å². The van der Waals surface area contributed by atoms with E-state index >= 15 is 0 Å². The van der Waals surface area contributed by atoms with Gasteiger partial charge in [0.2, 0.25) is 0 Å². The molecule has 0 spiro atoms. The van der Waals surface area contributed by atoms with Crippen LogP contribution in [0, 0.1) is 0 Å². The van der Waals surface area contributed by atoms with Crippen molar-refractivity contribution >= 4 is 0 Å². The highest BCUT2D eigenvalue weighted by atomic mass is 15.1. The molecule has 0 aliphatic heterocycles. The highest BCUT2D eigenvalue weighted by Crippen LogP contribution is 2.28. The lowest BCUT2D eigenvalue weighted by Crippen LogP contribution is -2.32. The molecule has 1 aromatic heterocycles. The van der Waals surface area contributed by atoms with Gasteiger partial charge in [-0.05, 0) is 24.1 Å². The maximum atomic E-state index is 4.00. The Morgan fingerprint density at radius 3 is 2.00 bits per heavy atom. The number of rotatable bonds is 6. The van der Waals surface area contributed by atoms with Crippen LogP contribution >= 0.6 is 0 Å². The van der Waals surface area contributed by atoms with E-state index in [1.807, 2.05) is 6.07 Å². The molecule has 0 amide bonds. The zero-order valence-electron chi connectivity index (χ0n) is 12.7. The third-order valence-corrected chi connectivity index (χ3v) is 3.99. The van der Waals surface area contributed by atoms with Gasteiger partial charge in [0.1, 0.15) is 0 Å². The largest absolute Gasteiger partial charge is 0.308 e. The maximum Gasteiger partial charge on any atom is 0.0490 e. The van der Waals surface area contributed by atoms with Gasteiger partial charge in [0, 0.05) is 30.4 Å². The minimum Gasteiger partial charge on any atom is -0.308 e. The van der Waals surface area contributed by atoms with Gasteiger partial charge < -0.3 is 5.32 Å². The fraction of sp³-hybridized carbons (Fsp3) is 0.211. The van der Waals surface area contributed by atoms with Gasteiger partial charge in [0.25, 0.3) is 0 Å². The van der Waals surface area contributed by atoms with E-state index in [1.54, 1.807) is 6.20 Å². The lowest BCUT2D eigenvalue weighted by atomic mass is 9.86. The summed E-state index contributed by atoms with van der Waals surface area (Å²) in [7, 11) is 0. The van der Waals surface area contributed by atoms with Gasteiger partial charge in [0.15, 0.2) is 0 Å². The number of H-pyrrole nitrogens is 1. The molecule has 0 bridgehead atoms. The van der Waals surface area contributed by atoms with Gasteiger partial charge in [-0.2, -0.15) is 5.10 Å². The summed E-state index contributed by atoms with van der Waals surface area (Å²) in [4.78, 5) is 0. The molecule has 3 rings (SSSR count). The van der Waals surface area contributed by atoms with Gasteiger partial charge in [0.05, 0.1) is 0 Å². The van der Waals surface area contributed by atoms with E-state index in [4.69, 9.17) is 0 Å². The molecule has 3 nitrogen and oxygen atoms in total. The Morgan fingerprint density at radius 2 is 1.50 bits per heavy atom. The van der Waals surface area contributed by atoms with Crippen molar-refractivity contribution in [2.24, 2.45) is 0 Å². The average Bonchev–Trinajstić information content (AvgIpc) is 3.09. The summed E-state index contributed by atoms with van der Waals surface area (Å²) in [6.45, 7) is 3.03. The summed E-state index contributed by atoms with van der Waals surface area (Å²) in [5.74, 6) is 0.324. The zero-order chi connectivity index (χ0) is 15.2. The summed E-state index contributed by atoms with van der Waals surface area (Å²) in [6.07, 6.45) is 1.79. The first-order valence-electron chi connectivity index (χ1n) is 7.66. The topological polar surface area (TPSA) is 40.7 Å². The third kappa shape index (κ3) is 3.43. The smallest absolute Gasteiger partial charge is 0.0490 e. The molecule has 0 aliphatic rings. The Kier molecular flexibility index (Phi) is 4.66. The molecule has 22 heavy (non-hydrogen) atoms. The monoisotopic (exact) mass is 291 g/mol. The number of nitrogens with one attached hydrogen (secondary N) is 2. The lowest BCUT2D eigenvalue weighted by molar-refractivity contribution is 0.494. The molecule has 2 N–H and O–H groups in total. The molecule has 0 saturated carbocycles. The van der Waals surface area contributed by atoms with E-state index in [0.29, 0.717) is 12.0 Å². The summed E-state index contributed by atoms with van der Waals surface area (Å²) in [5, 5.41) is 10.6. The van der Waals surface area contributed by atoms with Crippen molar-refractivity contribution in [3.05, 3.63) is 89.7 Å². The number of benzene rings is 2. The molecule has 3 aromatic rings. The molecule has 1 atom stereocenters. The van der Waals surface area contributed by atoms with Crippen molar-refractivity contribution < 1.29 is 0 Å². The van der Waals surface area contributed by atoms with E-state index in [-0.39, 0.29) is 0 Å². The predicted molar refractivity (Wildman–Crippen MR) is 89.6 cm³/mol. The van der Waals surface area contributed by atoms with Gasteiger partial charge in [-0.25, -0.2) is 0 Å². The summed E-state index contributed by atoms with van der Waals surface area (Å²) in [5.41, 5.74) is 3.77. The van der Waals surface area contributed by atoms with Crippen molar-refractivity contribution in [2.45, 2.75) is 25.4 Å². The van der Waals surface area contributed by atoms with Crippen LogP contribution in [0.2, 0.25) is 0 Å². The van der Waals surface area contributed by atoms with E-state index in [0.717, 1.165) is 12.2 Å². The highest BCUT2D eigenvalue weighted by molar-refractivity contribution is 5.34. The maximum absolute atomic E-state index is 4.00. The van der Waals surface area contributed by atoms with Crippen LogP contribution in [0.25, 0.3) is 0 Å². The summed E-state index contributed by atoms with van der Waals surface area (Å²) in [6, 6.07) is 23.7. The van der Waals surface area contributed by atoms with Crippen molar-refractivity contribution in [2.75, 3.05) is 0 Å². The van der Waals surface area contributed by atoms with Crippen LogP contribution in [0.15, 0.2) is 72.9 Å². The second-order valence-electron chi connectivity index (χ2n) is 5.55. The molecular weight excluding hydrogens is 270 g/mol. The van der Waals surface area contributed by atoms with Crippen LogP contribution in [0.5, 0.6) is 0 Å². The van der Waals surface area contributed by atoms with Crippen LogP contribution in [-0.2, 0) is 6.54 Å². The fourth-order valence-electron chi connectivity index (χ4n) is 2.86. The van der Waals surface area contributed by atoms with Gasteiger partial charge >= 0.3 is 0 Å². The summed E-state index contributed by atoms with van der Waals surface area (Å²) >= 11 is 0. The molecule has 3 heteroatoms. The number of aromatic nitrogens is 2. The van der Waals surface area contributed by atoms with Crippen molar-refractivity contribution in [3.8, 4) is 0 Å². The van der Waals surface area contributed by atoms with Crippen molar-refractivity contribution in [3.63, 3.8) is 0 Å². The van der Waals surface area contributed by atoms with Crippen LogP contribution in [0.4, 0.5) is 0 Å². The van der Waals surface area contributed by atoms with E-state index in [1.165, 1.54) is 11.1 Å². The third-order valence-electron chi connectivity index (χ3n) is 3.99. The molecule has 0 fully saturated rings. The number of nitrogens with zero attached hydrogens (tertiary/aromatic N) is 1. The summed E-state index contributed by atoms with van der Waals surface area (Å²) < 4.78 is 0. The first-order chi connectivity index (χ1) is 10.8. The van der Waals surface area contributed by atoms with Crippen LogP contribution in [0.1, 0.15) is 29.7 Å². The van der Waals surface area contributed by atoms with Crippen molar-refractivity contribution in [1.82, 2.24) is 15.5 Å². The quantitative estimate of drug-likeness (QED) is 0.726. The molecule has 112 valence electrons. The second-order valence-corrected chi connectivity index (χ2v) is 5.55.